The molecule has 0 unspecified atom stereocenters. The number of hydrogen-bond acceptors (Lipinski definition) is 7. The summed E-state index contributed by atoms with van der Waals surface area (Å²) in [6.07, 6.45) is 1.81. The number of amides is 1. The van der Waals surface area contributed by atoms with E-state index in [-0.39, 0.29) is 16.7 Å². The highest BCUT2D eigenvalue weighted by Crippen LogP contribution is 2.33. The summed E-state index contributed by atoms with van der Waals surface area (Å²) in [5, 5.41) is 0.715. The zero-order valence-corrected chi connectivity index (χ0v) is 22.9. The number of nitrogens with zero attached hydrogens (tertiary/aromatic N) is 4. The summed E-state index contributed by atoms with van der Waals surface area (Å²) in [5.74, 6) is 0.407. The number of thiazole rings is 1. The van der Waals surface area contributed by atoms with Gasteiger partial charge in [-0.1, -0.05) is 17.4 Å². The van der Waals surface area contributed by atoms with Crippen LogP contribution in [-0.2, 0) is 14.8 Å². The van der Waals surface area contributed by atoms with Gasteiger partial charge in [-0.25, -0.2) is 13.4 Å². The van der Waals surface area contributed by atoms with E-state index in [1.54, 1.807) is 31.4 Å². The molecule has 2 aromatic carbocycles. The first kappa shape index (κ1) is 26.5. The molecule has 1 amide bonds. The zero-order chi connectivity index (χ0) is 25.9. The highest BCUT2D eigenvalue weighted by molar-refractivity contribution is 7.89. The molecule has 0 spiro atoms. The number of hydrogen-bond donors (Lipinski definition) is 0. The van der Waals surface area contributed by atoms with Crippen LogP contribution in [0.2, 0.25) is 0 Å². The topological polar surface area (TPSA) is 83.0 Å². The molecule has 0 bridgehead atoms. The van der Waals surface area contributed by atoms with Crippen LogP contribution in [0.25, 0.3) is 10.2 Å². The van der Waals surface area contributed by atoms with Gasteiger partial charge in [0, 0.05) is 25.6 Å². The van der Waals surface area contributed by atoms with Crippen LogP contribution in [0.15, 0.2) is 47.4 Å². The lowest BCUT2D eigenvalue weighted by atomic mass is 9.96. The minimum Gasteiger partial charge on any atom is -0.497 e. The van der Waals surface area contributed by atoms with Crippen LogP contribution in [-0.4, -0.2) is 75.9 Å². The van der Waals surface area contributed by atoms with Gasteiger partial charge in [-0.05, 0) is 88.8 Å². The molecule has 2 heterocycles. The Morgan fingerprint density at radius 1 is 1.11 bits per heavy atom. The Kier molecular flexibility index (Phi) is 8.29. The molecule has 1 aromatic heterocycles. The first-order valence-corrected chi connectivity index (χ1v) is 14.4. The van der Waals surface area contributed by atoms with Crippen LogP contribution in [0.1, 0.15) is 24.8 Å². The molecule has 0 radical (unpaired) electrons. The molecule has 8 nitrogen and oxygen atoms in total. The summed E-state index contributed by atoms with van der Waals surface area (Å²) in [6.45, 7) is 4.13. The number of sulfonamides is 1. The molecular formula is C26H34N4O4S2. The Balaban J connectivity index is 1.48. The van der Waals surface area contributed by atoms with Crippen molar-refractivity contribution in [3.63, 3.8) is 0 Å². The minimum absolute atomic E-state index is 0.0334. The number of rotatable bonds is 9. The molecule has 4 rings (SSSR count). The van der Waals surface area contributed by atoms with Gasteiger partial charge in [0.2, 0.25) is 15.9 Å². The molecule has 0 atom stereocenters. The Labute approximate surface area is 217 Å². The molecule has 1 saturated heterocycles. The molecule has 1 aliphatic heterocycles. The number of aryl methyl sites for hydroxylation is 1. The summed E-state index contributed by atoms with van der Waals surface area (Å²) in [5.41, 5.74) is 2.06. The third kappa shape index (κ3) is 5.88. The van der Waals surface area contributed by atoms with Gasteiger partial charge < -0.3 is 9.64 Å². The SMILES string of the molecule is COc1ccc(S(=O)(=O)N2CCC(C(=O)N(CCCN(C)C)c3nc4ccc(C)cc4s3)CC2)cc1. The number of ether oxygens (including phenoxy) is 1. The highest BCUT2D eigenvalue weighted by atomic mass is 32.2. The summed E-state index contributed by atoms with van der Waals surface area (Å²) in [4.78, 5) is 22.6. The van der Waals surface area contributed by atoms with E-state index in [1.165, 1.54) is 15.6 Å². The summed E-state index contributed by atoms with van der Waals surface area (Å²) in [7, 11) is 1.97. The van der Waals surface area contributed by atoms with Gasteiger partial charge in [-0.2, -0.15) is 4.31 Å². The lowest BCUT2D eigenvalue weighted by Crippen LogP contribution is -2.45. The average Bonchev–Trinajstić information content (AvgIpc) is 3.29. The van der Waals surface area contributed by atoms with Crippen LogP contribution in [0.5, 0.6) is 5.75 Å². The first-order chi connectivity index (χ1) is 17.2. The number of fused-ring (bicyclic) bond motifs is 1. The standard InChI is InChI=1S/C26H34N4O4S2/c1-19-6-11-23-24(18-19)35-26(27-23)30(15-5-14-28(2)3)25(31)20-12-16-29(17-13-20)36(32,33)22-9-7-21(34-4)8-10-22/h6-11,18,20H,5,12-17H2,1-4H3. The van der Waals surface area contributed by atoms with Crippen molar-refractivity contribution in [2.75, 3.05) is 52.3 Å². The summed E-state index contributed by atoms with van der Waals surface area (Å²) in [6, 6.07) is 12.5. The van der Waals surface area contributed by atoms with Crippen molar-refractivity contribution in [1.82, 2.24) is 14.2 Å². The van der Waals surface area contributed by atoms with Crippen molar-refractivity contribution in [2.45, 2.75) is 31.1 Å². The van der Waals surface area contributed by atoms with Gasteiger partial charge >= 0.3 is 0 Å². The zero-order valence-electron chi connectivity index (χ0n) is 21.3. The molecule has 10 heteroatoms. The molecule has 1 aliphatic rings. The van der Waals surface area contributed by atoms with Crippen molar-refractivity contribution in [3.05, 3.63) is 48.0 Å². The molecule has 0 saturated carbocycles. The maximum Gasteiger partial charge on any atom is 0.243 e. The quantitative estimate of drug-likeness (QED) is 0.416. The number of carbonyl (C=O) groups excluding carboxylic acids is 1. The van der Waals surface area contributed by atoms with Gasteiger partial charge in [0.15, 0.2) is 5.13 Å². The fourth-order valence-corrected chi connectivity index (χ4v) is 7.01. The fraction of sp³-hybridized carbons (Fsp3) is 0.462. The van der Waals surface area contributed by atoms with E-state index in [4.69, 9.17) is 9.72 Å². The predicted octanol–water partition coefficient (Wildman–Crippen LogP) is 4.00. The van der Waals surface area contributed by atoms with Crippen molar-refractivity contribution in [2.24, 2.45) is 5.92 Å². The van der Waals surface area contributed by atoms with Crippen molar-refractivity contribution < 1.29 is 17.9 Å². The monoisotopic (exact) mass is 530 g/mol. The fourth-order valence-electron chi connectivity index (χ4n) is 4.44. The predicted molar refractivity (Wildman–Crippen MR) is 144 cm³/mol. The third-order valence-electron chi connectivity index (χ3n) is 6.52. The molecule has 3 aromatic rings. The van der Waals surface area contributed by atoms with Gasteiger partial charge in [0.1, 0.15) is 5.75 Å². The van der Waals surface area contributed by atoms with E-state index in [9.17, 15) is 13.2 Å². The number of benzene rings is 2. The van der Waals surface area contributed by atoms with Crippen molar-refractivity contribution in [1.29, 1.82) is 0 Å². The van der Waals surface area contributed by atoms with Crippen molar-refractivity contribution in [3.8, 4) is 5.75 Å². The van der Waals surface area contributed by atoms with Crippen LogP contribution in [0.4, 0.5) is 5.13 Å². The first-order valence-electron chi connectivity index (χ1n) is 12.2. The van der Waals surface area contributed by atoms with Gasteiger partial charge in [-0.15, -0.1) is 0 Å². The third-order valence-corrected chi connectivity index (χ3v) is 9.47. The Bertz CT molecular complexity index is 1300. The van der Waals surface area contributed by atoms with E-state index in [1.807, 2.05) is 38.1 Å². The Morgan fingerprint density at radius 3 is 2.44 bits per heavy atom. The van der Waals surface area contributed by atoms with Gasteiger partial charge in [0.05, 0.1) is 22.2 Å². The van der Waals surface area contributed by atoms with Gasteiger partial charge in [0.25, 0.3) is 0 Å². The van der Waals surface area contributed by atoms with E-state index < -0.39 is 10.0 Å². The second-order valence-corrected chi connectivity index (χ2v) is 12.4. The lowest BCUT2D eigenvalue weighted by Gasteiger charge is -2.33. The number of carbonyl (C=O) groups is 1. The molecule has 36 heavy (non-hydrogen) atoms. The Hall–Kier alpha value is -2.53. The second-order valence-electron chi connectivity index (χ2n) is 9.47. The van der Waals surface area contributed by atoms with Crippen LogP contribution in [0, 0.1) is 12.8 Å². The molecule has 0 N–H and O–H groups in total. The van der Waals surface area contributed by atoms with Crippen LogP contribution >= 0.6 is 11.3 Å². The van der Waals surface area contributed by atoms with E-state index >= 15 is 0 Å². The second kappa shape index (κ2) is 11.2. The summed E-state index contributed by atoms with van der Waals surface area (Å²) < 4.78 is 33.9. The van der Waals surface area contributed by atoms with Crippen molar-refractivity contribution >= 4 is 42.6 Å². The maximum absolute atomic E-state index is 13.7. The molecule has 1 fully saturated rings. The largest absolute Gasteiger partial charge is 0.497 e. The van der Waals surface area contributed by atoms with Crippen LogP contribution in [0.3, 0.4) is 0 Å². The normalized spacial score (nSPS) is 15.5. The average molecular weight is 531 g/mol. The minimum atomic E-state index is -3.62. The lowest BCUT2D eigenvalue weighted by molar-refractivity contribution is -0.123. The number of aromatic nitrogens is 1. The number of piperidine rings is 1. The molecule has 194 valence electrons. The van der Waals surface area contributed by atoms with E-state index in [0.717, 1.165) is 28.7 Å². The Morgan fingerprint density at radius 2 is 1.81 bits per heavy atom. The smallest absolute Gasteiger partial charge is 0.243 e. The highest BCUT2D eigenvalue weighted by Gasteiger charge is 2.35. The van der Waals surface area contributed by atoms with Crippen LogP contribution < -0.4 is 9.64 Å². The number of methoxy groups -OCH3 is 1. The maximum atomic E-state index is 13.7. The summed E-state index contributed by atoms with van der Waals surface area (Å²) >= 11 is 1.54. The van der Waals surface area contributed by atoms with E-state index in [0.29, 0.717) is 43.4 Å². The number of anilines is 1. The molecular weight excluding hydrogens is 496 g/mol. The van der Waals surface area contributed by atoms with E-state index in [2.05, 4.69) is 11.0 Å². The molecule has 0 aliphatic carbocycles. The van der Waals surface area contributed by atoms with Gasteiger partial charge in [-0.3, -0.25) is 9.69 Å².